The van der Waals surface area contributed by atoms with E-state index >= 15 is 0 Å². The quantitative estimate of drug-likeness (QED) is 0.163. The molecule has 0 radical (unpaired) electrons. The number of aldehydes is 1. The molecule has 0 atom stereocenters. The Morgan fingerprint density at radius 2 is 2.00 bits per heavy atom. The fourth-order valence-electron chi connectivity index (χ4n) is 2.38. The molecule has 1 aromatic carbocycles. The third kappa shape index (κ3) is 3.65. The summed E-state index contributed by atoms with van der Waals surface area (Å²) >= 11 is 0.967. The second kappa shape index (κ2) is 7.93. The van der Waals surface area contributed by atoms with Crippen molar-refractivity contribution in [2.24, 2.45) is 5.14 Å². The number of fused-ring (bicyclic) bond motifs is 1. The lowest BCUT2D eigenvalue weighted by molar-refractivity contribution is -0.761. The van der Waals surface area contributed by atoms with Crippen LogP contribution in [0.5, 0.6) is 0 Å². The van der Waals surface area contributed by atoms with Gasteiger partial charge in [-0.2, -0.15) is 0 Å². The van der Waals surface area contributed by atoms with Crippen molar-refractivity contribution in [1.29, 1.82) is 0 Å². The van der Waals surface area contributed by atoms with E-state index < -0.39 is 29.5 Å². The molecule has 0 fully saturated rings. The third-order valence-corrected chi connectivity index (χ3v) is 4.05. The van der Waals surface area contributed by atoms with Gasteiger partial charge in [-0.15, -0.1) is 10.1 Å². The van der Waals surface area contributed by atoms with Crippen LogP contribution >= 0.6 is 11.9 Å². The zero-order chi connectivity index (χ0) is 19.4. The number of hydrogen-bond acceptors (Lipinski definition) is 9. The van der Waals surface area contributed by atoms with Crippen LogP contribution in [0.15, 0.2) is 12.1 Å². The Balaban J connectivity index is 2.37. The summed E-state index contributed by atoms with van der Waals surface area (Å²) in [5, 5.41) is 14.5. The van der Waals surface area contributed by atoms with Crippen LogP contribution in [0.25, 0.3) is 0 Å². The summed E-state index contributed by atoms with van der Waals surface area (Å²) in [6.07, 6.45) is 0.367. The first-order valence-corrected chi connectivity index (χ1v) is 8.20. The standard InChI is InChI=1S/C14H14N4O7S/c1-16(7-25-18(23)24)12(20)9-5-11-10(4-8(9)6-19)13(21)17(14(11)22)2-3-26-15/h4-6H,2-3,7,15H2,1H3. The van der Waals surface area contributed by atoms with E-state index in [1.807, 2.05) is 0 Å². The molecule has 138 valence electrons. The molecule has 1 heterocycles. The van der Waals surface area contributed by atoms with Crippen molar-refractivity contribution in [1.82, 2.24) is 9.80 Å². The van der Waals surface area contributed by atoms with Gasteiger partial charge in [0.1, 0.15) is 0 Å². The number of carbonyl (C=O) groups excluding carboxylic acids is 4. The molecule has 3 amide bonds. The molecule has 2 N–H and O–H groups in total. The van der Waals surface area contributed by atoms with Gasteiger partial charge in [0.2, 0.25) is 0 Å². The highest BCUT2D eigenvalue weighted by molar-refractivity contribution is 7.97. The van der Waals surface area contributed by atoms with Gasteiger partial charge in [0.25, 0.3) is 22.8 Å². The number of benzene rings is 1. The number of nitrogens with zero attached hydrogens (tertiary/aromatic N) is 3. The van der Waals surface area contributed by atoms with Crippen LogP contribution in [-0.2, 0) is 4.84 Å². The number of hydrogen-bond donors (Lipinski definition) is 1. The maximum atomic E-state index is 12.4. The largest absolute Gasteiger partial charge is 0.318 e. The first-order valence-electron chi connectivity index (χ1n) is 7.15. The number of imide groups is 1. The van der Waals surface area contributed by atoms with Crippen molar-refractivity contribution in [3.05, 3.63) is 44.5 Å². The molecular formula is C14H14N4O7S. The second-order valence-corrected chi connectivity index (χ2v) is 5.96. The minimum Gasteiger partial charge on any atom is -0.318 e. The van der Waals surface area contributed by atoms with E-state index in [0.717, 1.165) is 33.9 Å². The topological polar surface area (TPSA) is 153 Å². The van der Waals surface area contributed by atoms with Crippen molar-refractivity contribution in [2.75, 3.05) is 26.1 Å². The molecule has 0 spiro atoms. The van der Waals surface area contributed by atoms with Crippen molar-refractivity contribution in [3.63, 3.8) is 0 Å². The van der Waals surface area contributed by atoms with Gasteiger partial charge in [-0.3, -0.25) is 34.1 Å². The minimum atomic E-state index is -1.07. The van der Waals surface area contributed by atoms with Crippen LogP contribution in [0.3, 0.4) is 0 Å². The van der Waals surface area contributed by atoms with Crippen molar-refractivity contribution in [2.45, 2.75) is 0 Å². The lowest BCUT2D eigenvalue weighted by Crippen LogP contribution is -2.32. The first-order chi connectivity index (χ1) is 12.3. The molecule has 0 bridgehead atoms. The SMILES string of the molecule is CN(CO[N+](=O)[O-])C(=O)c1cc2c(cc1C=O)C(=O)N(CCSN)C2=O. The molecule has 1 aliphatic heterocycles. The Hall–Kier alpha value is -2.99. The van der Waals surface area contributed by atoms with E-state index in [-0.39, 0.29) is 28.8 Å². The van der Waals surface area contributed by atoms with E-state index in [1.165, 1.54) is 7.05 Å². The lowest BCUT2D eigenvalue weighted by Gasteiger charge is -2.16. The van der Waals surface area contributed by atoms with Gasteiger partial charge in [0, 0.05) is 24.9 Å². The summed E-state index contributed by atoms with van der Waals surface area (Å²) < 4.78 is 0. The molecular weight excluding hydrogens is 368 g/mol. The van der Waals surface area contributed by atoms with Crippen LogP contribution in [0, 0.1) is 10.1 Å². The van der Waals surface area contributed by atoms with E-state index in [1.54, 1.807) is 0 Å². The summed E-state index contributed by atoms with van der Waals surface area (Å²) in [7, 11) is 1.23. The van der Waals surface area contributed by atoms with Crippen molar-refractivity contribution in [3.8, 4) is 0 Å². The van der Waals surface area contributed by atoms with E-state index in [4.69, 9.17) is 5.14 Å². The van der Waals surface area contributed by atoms with Crippen LogP contribution in [0.1, 0.15) is 41.4 Å². The summed E-state index contributed by atoms with van der Waals surface area (Å²) in [5.41, 5.74) is -0.281. The Morgan fingerprint density at radius 3 is 2.54 bits per heavy atom. The monoisotopic (exact) mass is 382 g/mol. The first kappa shape index (κ1) is 19.3. The zero-order valence-electron chi connectivity index (χ0n) is 13.5. The van der Waals surface area contributed by atoms with E-state index in [0.29, 0.717) is 12.0 Å². The minimum absolute atomic E-state index is 0.0138. The fraction of sp³-hybridized carbons (Fsp3) is 0.286. The highest BCUT2D eigenvalue weighted by Crippen LogP contribution is 2.26. The van der Waals surface area contributed by atoms with Gasteiger partial charge < -0.3 is 4.90 Å². The van der Waals surface area contributed by atoms with Gasteiger partial charge in [0.15, 0.2) is 13.0 Å². The second-order valence-electron chi connectivity index (χ2n) is 5.22. The molecule has 1 aliphatic rings. The highest BCUT2D eigenvalue weighted by atomic mass is 32.2. The molecule has 2 rings (SSSR count). The average molecular weight is 382 g/mol. The summed E-state index contributed by atoms with van der Waals surface area (Å²) in [4.78, 5) is 64.6. The van der Waals surface area contributed by atoms with E-state index in [2.05, 4.69) is 4.84 Å². The van der Waals surface area contributed by atoms with Gasteiger partial charge >= 0.3 is 0 Å². The van der Waals surface area contributed by atoms with Crippen molar-refractivity contribution < 1.29 is 29.1 Å². The normalized spacial score (nSPS) is 12.8. The Bertz CT molecular complexity index is 798. The number of rotatable bonds is 8. The molecule has 0 saturated heterocycles. The summed E-state index contributed by atoms with van der Waals surface area (Å²) in [6, 6.07) is 2.30. The van der Waals surface area contributed by atoms with E-state index in [9.17, 15) is 29.3 Å². The van der Waals surface area contributed by atoms with Crippen LogP contribution in [0.2, 0.25) is 0 Å². The van der Waals surface area contributed by atoms with Gasteiger partial charge in [0.05, 0.1) is 16.7 Å². The molecule has 0 saturated carbocycles. The molecule has 12 heteroatoms. The maximum absolute atomic E-state index is 12.4. The van der Waals surface area contributed by atoms with Gasteiger partial charge in [-0.25, -0.2) is 0 Å². The maximum Gasteiger partial charge on any atom is 0.296 e. The molecule has 11 nitrogen and oxygen atoms in total. The summed E-state index contributed by atoms with van der Waals surface area (Å²) in [6.45, 7) is -0.572. The molecule has 0 aliphatic carbocycles. The van der Waals surface area contributed by atoms with Crippen LogP contribution in [0.4, 0.5) is 0 Å². The molecule has 26 heavy (non-hydrogen) atoms. The van der Waals surface area contributed by atoms with Crippen LogP contribution in [-0.4, -0.2) is 65.0 Å². The molecule has 1 aromatic rings. The van der Waals surface area contributed by atoms with Gasteiger partial charge in [-0.05, 0) is 12.1 Å². The smallest absolute Gasteiger partial charge is 0.296 e. The number of carbonyl (C=O) groups is 4. The highest BCUT2D eigenvalue weighted by Gasteiger charge is 2.37. The predicted molar refractivity (Wildman–Crippen MR) is 88.9 cm³/mol. The number of amides is 3. The Kier molecular flexibility index (Phi) is 5.90. The molecule has 0 unspecified atom stereocenters. The fourth-order valence-corrected chi connectivity index (χ4v) is 2.67. The lowest BCUT2D eigenvalue weighted by atomic mass is 9.99. The van der Waals surface area contributed by atoms with Gasteiger partial charge in [-0.1, -0.05) is 11.9 Å². The predicted octanol–water partition coefficient (Wildman–Crippen LogP) is -0.0602. The third-order valence-electron chi connectivity index (χ3n) is 3.63. The Morgan fingerprint density at radius 1 is 1.38 bits per heavy atom. The Labute approximate surface area is 151 Å². The van der Waals surface area contributed by atoms with Crippen LogP contribution < -0.4 is 5.14 Å². The van der Waals surface area contributed by atoms with Crippen molar-refractivity contribution >= 4 is 36.0 Å². The zero-order valence-corrected chi connectivity index (χ0v) is 14.4. The summed E-state index contributed by atoms with van der Waals surface area (Å²) in [5.74, 6) is -1.62. The average Bonchev–Trinajstić information content (AvgIpc) is 2.86. The molecule has 0 aromatic heterocycles. The number of nitrogens with two attached hydrogens (primary N) is 1.